The lowest BCUT2D eigenvalue weighted by Gasteiger charge is -2.04. The van der Waals surface area contributed by atoms with E-state index in [1.807, 2.05) is 7.05 Å². The van der Waals surface area contributed by atoms with Crippen molar-refractivity contribution < 1.29 is 0 Å². The van der Waals surface area contributed by atoms with Crippen LogP contribution in [0.4, 0.5) is 5.82 Å². The van der Waals surface area contributed by atoms with Gasteiger partial charge in [-0.05, 0) is 11.6 Å². The minimum Gasteiger partial charge on any atom is -0.367 e. The van der Waals surface area contributed by atoms with E-state index in [0.717, 1.165) is 5.82 Å². The Hall–Kier alpha value is -1.47. The predicted molar refractivity (Wildman–Crippen MR) is 63.0 cm³/mol. The van der Waals surface area contributed by atoms with Gasteiger partial charge < -0.3 is 5.32 Å². The van der Waals surface area contributed by atoms with Crippen molar-refractivity contribution in [2.45, 2.75) is 6.42 Å². The third kappa shape index (κ3) is 3.24. The molecule has 0 saturated carbocycles. The van der Waals surface area contributed by atoms with Crippen molar-refractivity contribution in [2.75, 3.05) is 11.9 Å². The number of nitrogens with zero attached hydrogens (tertiary/aromatic N) is 6. The van der Waals surface area contributed by atoms with Crippen molar-refractivity contribution in [1.82, 2.24) is 29.9 Å². The van der Waals surface area contributed by atoms with Crippen LogP contribution in [0.25, 0.3) is 0 Å². The normalized spacial score (nSPS) is 10.5. The van der Waals surface area contributed by atoms with Gasteiger partial charge >= 0.3 is 0 Å². The monoisotopic (exact) mass is 273 g/mol. The van der Waals surface area contributed by atoms with Gasteiger partial charge in [0.1, 0.15) is 6.33 Å². The third-order valence-electron chi connectivity index (χ3n) is 1.91. The maximum Gasteiger partial charge on any atom is 0.245 e. The zero-order chi connectivity index (χ0) is 12.3. The van der Waals surface area contributed by atoms with Crippen LogP contribution < -0.4 is 5.32 Å². The van der Waals surface area contributed by atoms with Crippen molar-refractivity contribution in [3.05, 3.63) is 22.6 Å². The molecule has 0 bridgehead atoms. The Bertz CT molecular complexity index is 512. The Morgan fingerprint density at radius 3 is 2.88 bits per heavy atom. The third-order valence-corrected chi connectivity index (χ3v) is 2.32. The molecule has 2 aromatic heterocycles. The Labute approximate surface area is 107 Å². The van der Waals surface area contributed by atoms with E-state index in [9.17, 15) is 0 Å². The molecular weight excluding hydrogens is 265 g/mol. The highest BCUT2D eigenvalue weighted by molar-refractivity contribution is 6.32. The largest absolute Gasteiger partial charge is 0.367 e. The van der Waals surface area contributed by atoms with E-state index in [0.29, 0.717) is 18.8 Å². The molecule has 0 aromatic carbocycles. The summed E-state index contributed by atoms with van der Waals surface area (Å²) in [6, 6.07) is 0. The first-order chi connectivity index (χ1) is 8.15. The summed E-state index contributed by atoms with van der Waals surface area (Å²) in [5, 5.41) is 14.5. The van der Waals surface area contributed by atoms with Crippen molar-refractivity contribution >= 4 is 29.0 Å². The number of nitrogens with one attached hydrogen (secondary N) is 1. The molecule has 0 spiro atoms. The smallest absolute Gasteiger partial charge is 0.245 e. The predicted octanol–water partition coefficient (Wildman–Crippen LogP) is 0.961. The zero-order valence-electron chi connectivity index (χ0n) is 8.93. The molecule has 0 aliphatic heterocycles. The standard InChI is InChI=1S/C8H9Cl2N7/c1-17-4-12-5(16-17)2-3-11-7-6(9)14-15-8(10)13-7/h4H,2-3H2,1H3,(H,11,13,15). The molecular formula is C8H9Cl2N7. The molecule has 2 rings (SSSR count). The van der Waals surface area contributed by atoms with E-state index in [-0.39, 0.29) is 10.4 Å². The lowest BCUT2D eigenvalue weighted by molar-refractivity contribution is 0.741. The molecule has 0 saturated heterocycles. The van der Waals surface area contributed by atoms with Gasteiger partial charge in [0.25, 0.3) is 0 Å². The molecule has 17 heavy (non-hydrogen) atoms. The summed E-state index contributed by atoms with van der Waals surface area (Å²) in [5.41, 5.74) is 0. The molecule has 9 heteroatoms. The van der Waals surface area contributed by atoms with Crippen LogP contribution in [0, 0.1) is 0 Å². The summed E-state index contributed by atoms with van der Waals surface area (Å²) >= 11 is 11.4. The maximum absolute atomic E-state index is 5.79. The number of aromatic nitrogens is 6. The van der Waals surface area contributed by atoms with Gasteiger partial charge in [0.15, 0.2) is 16.8 Å². The van der Waals surface area contributed by atoms with Crippen LogP contribution in [0.5, 0.6) is 0 Å². The molecule has 0 aliphatic carbocycles. The van der Waals surface area contributed by atoms with Gasteiger partial charge in [-0.2, -0.15) is 10.1 Å². The van der Waals surface area contributed by atoms with Crippen molar-refractivity contribution in [1.29, 1.82) is 0 Å². The lowest BCUT2D eigenvalue weighted by Crippen LogP contribution is -2.09. The molecule has 0 amide bonds. The van der Waals surface area contributed by atoms with E-state index in [4.69, 9.17) is 23.2 Å². The topological polar surface area (TPSA) is 81.4 Å². The first-order valence-corrected chi connectivity index (χ1v) is 5.55. The molecule has 0 aliphatic rings. The van der Waals surface area contributed by atoms with E-state index >= 15 is 0 Å². The van der Waals surface area contributed by atoms with Crippen LogP contribution in [0.1, 0.15) is 5.82 Å². The van der Waals surface area contributed by atoms with Crippen LogP contribution in [0.3, 0.4) is 0 Å². The fraction of sp³-hybridized carbons (Fsp3) is 0.375. The molecule has 0 fully saturated rings. The fourth-order valence-corrected chi connectivity index (χ4v) is 1.47. The van der Waals surface area contributed by atoms with Crippen molar-refractivity contribution in [3.63, 3.8) is 0 Å². The van der Waals surface area contributed by atoms with E-state index in [2.05, 4.69) is 30.6 Å². The van der Waals surface area contributed by atoms with Crippen LogP contribution in [-0.4, -0.2) is 36.5 Å². The fourth-order valence-electron chi connectivity index (χ4n) is 1.20. The highest BCUT2D eigenvalue weighted by atomic mass is 35.5. The van der Waals surface area contributed by atoms with Crippen LogP contribution in [0.15, 0.2) is 6.33 Å². The molecule has 7 nitrogen and oxygen atoms in total. The molecule has 0 unspecified atom stereocenters. The summed E-state index contributed by atoms with van der Waals surface area (Å²) in [5.74, 6) is 1.15. The summed E-state index contributed by atoms with van der Waals surface area (Å²) < 4.78 is 1.64. The minimum absolute atomic E-state index is 0.0489. The Balaban J connectivity index is 1.91. The lowest BCUT2D eigenvalue weighted by atomic mass is 10.4. The first-order valence-electron chi connectivity index (χ1n) is 4.79. The number of hydrogen-bond acceptors (Lipinski definition) is 6. The highest BCUT2D eigenvalue weighted by Gasteiger charge is 2.06. The molecule has 2 aromatic rings. The van der Waals surface area contributed by atoms with Gasteiger partial charge in [0.05, 0.1) is 0 Å². The zero-order valence-corrected chi connectivity index (χ0v) is 10.4. The summed E-state index contributed by atoms with van der Waals surface area (Å²) in [6.07, 6.45) is 2.30. The van der Waals surface area contributed by atoms with Crippen LogP contribution >= 0.6 is 23.2 Å². The number of halogens is 2. The number of hydrogen-bond donors (Lipinski definition) is 1. The average Bonchev–Trinajstić information content (AvgIpc) is 2.69. The maximum atomic E-state index is 5.79. The van der Waals surface area contributed by atoms with Gasteiger partial charge in [0, 0.05) is 20.0 Å². The summed E-state index contributed by atoms with van der Waals surface area (Å²) in [4.78, 5) is 8.00. The number of aryl methyl sites for hydroxylation is 1. The van der Waals surface area contributed by atoms with E-state index < -0.39 is 0 Å². The van der Waals surface area contributed by atoms with Crippen LogP contribution in [0.2, 0.25) is 10.4 Å². The second-order valence-electron chi connectivity index (χ2n) is 3.23. The first kappa shape index (κ1) is 12.0. The SMILES string of the molecule is Cn1cnc(CCNc2nc(Cl)nnc2Cl)n1. The van der Waals surface area contributed by atoms with E-state index in [1.54, 1.807) is 11.0 Å². The second-order valence-corrected chi connectivity index (χ2v) is 3.93. The number of anilines is 1. The molecule has 2 heterocycles. The molecule has 90 valence electrons. The van der Waals surface area contributed by atoms with Crippen molar-refractivity contribution in [2.24, 2.45) is 7.05 Å². The van der Waals surface area contributed by atoms with Crippen molar-refractivity contribution in [3.8, 4) is 0 Å². The summed E-state index contributed by atoms with van der Waals surface area (Å²) in [6.45, 7) is 0.582. The minimum atomic E-state index is 0.0489. The number of rotatable bonds is 4. The Kier molecular flexibility index (Phi) is 3.70. The van der Waals surface area contributed by atoms with Gasteiger partial charge in [-0.15, -0.1) is 10.2 Å². The summed E-state index contributed by atoms with van der Waals surface area (Å²) in [7, 11) is 1.81. The van der Waals surface area contributed by atoms with Crippen LogP contribution in [-0.2, 0) is 13.5 Å². The van der Waals surface area contributed by atoms with Gasteiger partial charge in [0.2, 0.25) is 5.28 Å². The quantitative estimate of drug-likeness (QED) is 0.894. The molecule has 0 radical (unpaired) electrons. The molecule has 0 atom stereocenters. The van der Waals surface area contributed by atoms with Gasteiger partial charge in [-0.1, -0.05) is 11.6 Å². The molecule has 1 N–H and O–H groups in total. The second kappa shape index (κ2) is 5.24. The van der Waals surface area contributed by atoms with Gasteiger partial charge in [-0.25, -0.2) is 4.98 Å². The highest BCUT2D eigenvalue weighted by Crippen LogP contribution is 2.16. The Morgan fingerprint density at radius 1 is 1.35 bits per heavy atom. The Morgan fingerprint density at radius 2 is 2.18 bits per heavy atom. The van der Waals surface area contributed by atoms with Gasteiger partial charge in [-0.3, -0.25) is 4.68 Å². The van der Waals surface area contributed by atoms with E-state index in [1.165, 1.54) is 0 Å². The average molecular weight is 274 g/mol.